The highest BCUT2D eigenvalue weighted by Crippen LogP contribution is 2.45. The van der Waals surface area contributed by atoms with E-state index in [0.29, 0.717) is 32.1 Å². The van der Waals surface area contributed by atoms with Gasteiger partial charge in [-0.1, -0.05) is 283 Å². The lowest BCUT2D eigenvalue weighted by molar-refractivity contribution is -0.161. The fraction of sp³-hybridized carbons (Fsp3) is 0.678. The summed E-state index contributed by atoms with van der Waals surface area (Å²) in [6.07, 6.45) is 89.8. The highest BCUT2D eigenvalue weighted by Gasteiger charge is 2.30. The summed E-state index contributed by atoms with van der Waals surface area (Å²) < 4.78 is 68.5. The Labute approximate surface area is 643 Å². The van der Waals surface area contributed by atoms with Crippen LogP contribution >= 0.6 is 15.6 Å². The van der Waals surface area contributed by atoms with Gasteiger partial charge in [0.2, 0.25) is 0 Å². The average Bonchev–Trinajstić information content (AvgIpc) is 0.903. The Morgan fingerprint density at radius 3 is 0.858 bits per heavy atom. The number of unbranched alkanes of at least 4 members (excludes halogenated alkanes) is 26. The molecule has 0 radical (unpaired) electrons. The molecule has 5 atom stereocenters. The second-order valence-corrected chi connectivity index (χ2v) is 29.9. The lowest BCUT2D eigenvalue weighted by atomic mass is 10.1. The Hall–Kier alpha value is -5.06. The molecule has 0 aromatic rings. The van der Waals surface area contributed by atoms with Crippen LogP contribution in [0.1, 0.15) is 323 Å². The number of phosphoric acid groups is 2. The Bertz CT molecular complexity index is 2580. The summed E-state index contributed by atoms with van der Waals surface area (Å²) in [4.78, 5) is 73.0. The largest absolute Gasteiger partial charge is 0.472 e. The van der Waals surface area contributed by atoms with Gasteiger partial charge in [0.1, 0.15) is 19.3 Å². The van der Waals surface area contributed by atoms with Crippen LogP contribution in [0.3, 0.4) is 0 Å². The number of ether oxygens (including phenoxy) is 4. The zero-order valence-electron chi connectivity index (χ0n) is 66.3. The number of phosphoric ester groups is 2. The molecule has 0 aromatic carbocycles. The van der Waals surface area contributed by atoms with Crippen molar-refractivity contribution in [3.63, 3.8) is 0 Å². The lowest BCUT2D eigenvalue weighted by Gasteiger charge is -2.21. The first-order chi connectivity index (χ1) is 51.7. The van der Waals surface area contributed by atoms with Gasteiger partial charge in [-0.15, -0.1) is 0 Å². The van der Waals surface area contributed by atoms with Crippen LogP contribution in [0.25, 0.3) is 0 Å². The van der Waals surface area contributed by atoms with E-state index in [4.69, 9.17) is 37.0 Å². The number of rotatable bonds is 76. The van der Waals surface area contributed by atoms with Crippen molar-refractivity contribution in [1.29, 1.82) is 0 Å². The van der Waals surface area contributed by atoms with E-state index in [2.05, 4.69) is 155 Å². The second kappa shape index (κ2) is 78.1. The van der Waals surface area contributed by atoms with E-state index in [9.17, 15) is 43.2 Å². The van der Waals surface area contributed by atoms with E-state index in [1.54, 1.807) is 0 Å². The van der Waals surface area contributed by atoms with Gasteiger partial charge in [0.25, 0.3) is 0 Å². The van der Waals surface area contributed by atoms with Gasteiger partial charge in [-0.25, -0.2) is 9.13 Å². The fourth-order valence-corrected chi connectivity index (χ4v) is 12.1. The van der Waals surface area contributed by atoms with Gasteiger partial charge < -0.3 is 33.8 Å². The molecule has 0 rings (SSSR count). The SMILES string of the molecule is CC/C=C\C/C=C\C/C=C\C/C=C\C/C=C\CCCCCC(=O)OC[C@H](COP(=O)(O)OC[C@@H](O)COP(=O)(O)OC[C@@H](COC(=O)CCCCCCC/C=C\CCCCCC)OC(=O)CCCCCCC/C=C\CCCCCCCC)OC(=O)CC/C=C\C/C=C\C/C=C\C/C=C\C/C=C\CCCCC. The minimum absolute atomic E-state index is 0.0407. The Morgan fingerprint density at radius 1 is 0.274 bits per heavy atom. The Kier molecular flexibility index (Phi) is 74.3. The number of allylic oxidation sites excluding steroid dienone is 24. The summed E-state index contributed by atoms with van der Waals surface area (Å²) in [6.45, 7) is 4.58. The molecule has 2 unspecified atom stereocenters. The fourth-order valence-electron chi connectivity index (χ4n) is 10.5. The number of hydrogen-bond donors (Lipinski definition) is 3. The van der Waals surface area contributed by atoms with Crippen LogP contribution in [0.4, 0.5) is 0 Å². The van der Waals surface area contributed by atoms with E-state index >= 15 is 0 Å². The third kappa shape index (κ3) is 77.1. The average molecular weight is 1530 g/mol. The van der Waals surface area contributed by atoms with Crippen molar-refractivity contribution < 1.29 is 80.2 Å². The predicted octanol–water partition coefficient (Wildman–Crippen LogP) is 24.2. The number of aliphatic hydroxyl groups excluding tert-OH is 1. The highest BCUT2D eigenvalue weighted by molar-refractivity contribution is 7.47. The van der Waals surface area contributed by atoms with Crippen LogP contribution in [-0.4, -0.2) is 96.7 Å². The van der Waals surface area contributed by atoms with Crippen molar-refractivity contribution in [1.82, 2.24) is 0 Å². The molecule has 0 spiro atoms. The van der Waals surface area contributed by atoms with Crippen LogP contribution in [0.15, 0.2) is 146 Å². The molecular weight excluding hydrogens is 1380 g/mol. The van der Waals surface area contributed by atoms with E-state index in [0.717, 1.165) is 154 Å². The molecule has 19 heteroatoms. The minimum Gasteiger partial charge on any atom is -0.462 e. The molecular formula is C87H146O17P2. The minimum atomic E-state index is -5.01. The van der Waals surface area contributed by atoms with Gasteiger partial charge in [0.05, 0.1) is 26.4 Å². The molecule has 0 heterocycles. The molecule has 0 aliphatic rings. The van der Waals surface area contributed by atoms with Crippen LogP contribution in [0, 0.1) is 0 Å². The van der Waals surface area contributed by atoms with Crippen molar-refractivity contribution in [2.75, 3.05) is 39.6 Å². The maximum absolute atomic E-state index is 13.1. The van der Waals surface area contributed by atoms with Crippen molar-refractivity contribution in [3.05, 3.63) is 146 Å². The molecule has 0 aliphatic carbocycles. The van der Waals surface area contributed by atoms with Crippen LogP contribution in [0.5, 0.6) is 0 Å². The summed E-state index contributed by atoms with van der Waals surface area (Å²) in [5.74, 6) is -2.33. The standard InChI is InChI=1S/C87H146O17P2/c1-5-9-13-17-21-25-29-33-36-38-40-42-45-48-52-56-60-64-68-72-85(90)98-78-83(104-87(92)74-70-66-62-58-54-50-46-43-41-39-37-34-30-26-22-18-14-10-6-2)80-102-106(95,96)100-76-81(88)75-99-105(93,94)101-79-82(77-97-84(89)71-67-63-59-55-51-47-32-28-24-20-16-12-8-4)103-86(91)73-69-65-61-57-53-49-44-35-31-27-23-19-15-11-7-3/h9,13,21-22,25-26,28,32-37,40-44,48,50,52,54,62,66,81-83,88H,5-8,10-12,14-20,23-24,27,29-31,38-39,45-47,49,51,53,55-61,63-65,67-80H2,1-4H3,(H,93,94)(H,95,96)/b13-9-,25-21-,26-22-,32-28-,36-33-,37-34-,42-40-,43-41-,44-35-,52-48-,54-50-,66-62-/t81-,82+,83+/m0/s1. The number of aliphatic hydroxyl groups is 1. The van der Waals surface area contributed by atoms with Crippen LogP contribution in [0.2, 0.25) is 0 Å². The summed E-state index contributed by atoms with van der Waals surface area (Å²) in [6, 6.07) is 0. The van der Waals surface area contributed by atoms with Crippen molar-refractivity contribution in [2.45, 2.75) is 341 Å². The molecule has 0 aliphatic heterocycles. The van der Waals surface area contributed by atoms with Gasteiger partial charge >= 0.3 is 39.5 Å². The molecule has 0 amide bonds. The van der Waals surface area contributed by atoms with Crippen molar-refractivity contribution in [2.24, 2.45) is 0 Å². The molecule has 3 N–H and O–H groups in total. The van der Waals surface area contributed by atoms with Gasteiger partial charge in [-0.2, -0.15) is 0 Å². The zero-order valence-corrected chi connectivity index (χ0v) is 68.1. The van der Waals surface area contributed by atoms with Crippen molar-refractivity contribution in [3.8, 4) is 0 Å². The number of hydrogen-bond acceptors (Lipinski definition) is 15. The molecule has 0 fully saturated rings. The first-order valence-corrected chi connectivity index (χ1v) is 44.1. The maximum atomic E-state index is 13.1. The number of carbonyl (C=O) groups is 4. The molecule has 106 heavy (non-hydrogen) atoms. The normalized spacial score (nSPS) is 14.6. The zero-order chi connectivity index (χ0) is 77.4. The number of carbonyl (C=O) groups excluding carboxylic acids is 4. The third-order valence-corrected chi connectivity index (χ3v) is 18.7. The van der Waals surface area contributed by atoms with Gasteiger partial charge in [-0.05, 0) is 161 Å². The van der Waals surface area contributed by atoms with E-state index in [-0.39, 0.29) is 25.7 Å². The predicted molar refractivity (Wildman–Crippen MR) is 436 cm³/mol. The second-order valence-electron chi connectivity index (χ2n) is 27.0. The summed E-state index contributed by atoms with van der Waals surface area (Å²) in [7, 11) is -10.0. The lowest BCUT2D eigenvalue weighted by Crippen LogP contribution is -2.30. The molecule has 17 nitrogen and oxygen atoms in total. The van der Waals surface area contributed by atoms with E-state index in [1.165, 1.54) is 83.5 Å². The van der Waals surface area contributed by atoms with E-state index in [1.807, 2.05) is 18.2 Å². The summed E-state index contributed by atoms with van der Waals surface area (Å²) >= 11 is 0. The highest BCUT2D eigenvalue weighted by atomic mass is 31.2. The maximum Gasteiger partial charge on any atom is 0.472 e. The van der Waals surface area contributed by atoms with Gasteiger partial charge in [0, 0.05) is 25.7 Å². The van der Waals surface area contributed by atoms with Crippen molar-refractivity contribution >= 4 is 39.5 Å². The van der Waals surface area contributed by atoms with Crippen LogP contribution in [-0.2, 0) is 65.4 Å². The molecule has 0 saturated heterocycles. The topological polar surface area (TPSA) is 237 Å². The summed E-state index contributed by atoms with van der Waals surface area (Å²) in [5, 5.41) is 10.6. The van der Waals surface area contributed by atoms with Gasteiger partial charge in [0.15, 0.2) is 12.2 Å². The number of esters is 4. The monoisotopic (exact) mass is 1530 g/mol. The van der Waals surface area contributed by atoms with Gasteiger partial charge in [-0.3, -0.25) is 37.3 Å². The first-order valence-electron chi connectivity index (χ1n) is 41.1. The molecule has 0 aromatic heterocycles. The first kappa shape index (κ1) is 101. The molecule has 0 bridgehead atoms. The molecule has 606 valence electrons. The van der Waals surface area contributed by atoms with Crippen LogP contribution < -0.4 is 0 Å². The Balaban J connectivity index is 5.49. The summed E-state index contributed by atoms with van der Waals surface area (Å²) in [5.41, 5.74) is 0. The molecule has 0 saturated carbocycles. The van der Waals surface area contributed by atoms with E-state index < -0.39 is 97.5 Å². The smallest absolute Gasteiger partial charge is 0.462 e. The Morgan fingerprint density at radius 2 is 0.509 bits per heavy atom. The quantitative estimate of drug-likeness (QED) is 0.0169. The third-order valence-electron chi connectivity index (χ3n) is 16.8.